The Morgan fingerprint density at radius 1 is 1.11 bits per heavy atom. The molecule has 1 aromatic carbocycles. The average Bonchev–Trinajstić information content (AvgIpc) is 3.37. The van der Waals surface area contributed by atoms with Crippen LogP contribution in [0.3, 0.4) is 0 Å². The molecule has 0 spiro atoms. The SMILES string of the molecule is CCCCCCC[PH](=O)O[C@@H](CCCCNC(=O)OCc1ccccc1)C(=O)N1CCC[C@H]1C(=O)O. The molecule has 10 heteroatoms. The Morgan fingerprint density at radius 2 is 1.86 bits per heavy atom. The summed E-state index contributed by atoms with van der Waals surface area (Å²) in [5.74, 6) is -1.43. The van der Waals surface area contributed by atoms with Crippen LogP contribution in [-0.2, 0) is 30.0 Å². The minimum Gasteiger partial charge on any atom is -0.480 e. The molecule has 3 atom stereocenters. The fourth-order valence-corrected chi connectivity index (χ4v) is 5.41. The van der Waals surface area contributed by atoms with Gasteiger partial charge in [-0.1, -0.05) is 62.9 Å². The fourth-order valence-electron chi connectivity index (χ4n) is 4.21. The Morgan fingerprint density at radius 3 is 2.58 bits per heavy atom. The van der Waals surface area contributed by atoms with E-state index in [1.807, 2.05) is 30.3 Å². The molecule has 1 aliphatic rings. The summed E-state index contributed by atoms with van der Waals surface area (Å²) in [7, 11) is -2.41. The Hall–Kier alpha value is -2.38. The molecule has 36 heavy (non-hydrogen) atoms. The fraction of sp³-hybridized carbons (Fsp3) is 0.654. The van der Waals surface area contributed by atoms with Crippen molar-refractivity contribution >= 4 is 26.0 Å². The normalized spacial score (nSPS) is 16.9. The van der Waals surface area contributed by atoms with Crippen LogP contribution in [0, 0.1) is 0 Å². The van der Waals surface area contributed by atoms with Crippen molar-refractivity contribution < 1.29 is 33.3 Å². The number of alkyl carbamates (subject to hydrolysis) is 1. The van der Waals surface area contributed by atoms with Crippen molar-refractivity contribution in [2.75, 3.05) is 19.3 Å². The van der Waals surface area contributed by atoms with Crippen LogP contribution in [0.15, 0.2) is 30.3 Å². The van der Waals surface area contributed by atoms with Crippen molar-refractivity contribution in [1.82, 2.24) is 10.2 Å². The molecule has 9 nitrogen and oxygen atoms in total. The first-order valence-electron chi connectivity index (χ1n) is 13.1. The number of rotatable bonds is 17. The Labute approximate surface area is 214 Å². The highest BCUT2D eigenvalue weighted by atomic mass is 31.1. The lowest BCUT2D eigenvalue weighted by molar-refractivity contribution is -0.151. The summed E-state index contributed by atoms with van der Waals surface area (Å²) in [6.45, 7) is 3.05. The van der Waals surface area contributed by atoms with Gasteiger partial charge in [-0.2, -0.15) is 0 Å². The number of carboxylic acid groups (broad SMARTS) is 1. The van der Waals surface area contributed by atoms with Crippen molar-refractivity contribution in [2.24, 2.45) is 0 Å². The van der Waals surface area contributed by atoms with Crippen LogP contribution in [-0.4, -0.2) is 59.4 Å². The van der Waals surface area contributed by atoms with Crippen molar-refractivity contribution in [3.8, 4) is 0 Å². The highest BCUT2D eigenvalue weighted by Gasteiger charge is 2.37. The number of hydrogen-bond donors (Lipinski definition) is 2. The molecule has 202 valence electrons. The van der Waals surface area contributed by atoms with Crippen molar-refractivity contribution in [3.05, 3.63) is 35.9 Å². The third-order valence-electron chi connectivity index (χ3n) is 6.23. The predicted molar refractivity (Wildman–Crippen MR) is 138 cm³/mol. The second-order valence-corrected chi connectivity index (χ2v) is 10.6. The van der Waals surface area contributed by atoms with Crippen LogP contribution in [0.5, 0.6) is 0 Å². The van der Waals surface area contributed by atoms with Gasteiger partial charge < -0.3 is 24.6 Å². The first-order valence-corrected chi connectivity index (χ1v) is 14.6. The van der Waals surface area contributed by atoms with Gasteiger partial charge >= 0.3 is 12.1 Å². The first kappa shape index (κ1) is 29.8. The third kappa shape index (κ3) is 11.1. The summed E-state index contributed by atoms with van der Waals surface area (Å²) in [5, 5.41) is 12.1. The van der Waals surface area contributed by atoms with Crippen molar-refractivity contribution in [1.29, 1.82) is 0 Å². The molecule has 2 amide bonds. The monoisotopic (exact) mass is 524 g/mol. The minimum absolute atomic E-state index is 0.185. The standard InChI is InChI=1S/C26H41N2O7P/c1-2-3-4-5-11-19-36(33)35-23(24(29)28-18-12-15-22(28)25(30)31)16-9-10-17-27-26(32)34-20-21-13-7-6-8-14-21/h6-8,13-14,22-23,36H,2-5,9-12,15-20H2,1H3,(H,27,32)(H,30,31)/t22-,23-/m0/s1. The lowest BCUT2D eigenvalue weighted by atomic mass is 10.1. The van der Waals surface area contributed by atoms with Gasteiger partial charge in [0.25, 0.3) is 5.91 Å². The highest BCUT2D eigenvalue weighted by molar-refractivity contribution is 7.39. The smallest absolute Gasteiger partial charge is 0.407 e. The quantitative estimate of drug-likeness (QED) is 0.217. The van der Waals surface area contributed by atoms with Gasteiger partial charge in [0.05, 0.1) is 0 Å². The van der Waals surface area contributed by atoms with E-state index in [-0.39, 0.29) is 6.61 Å². The van der Waals surface area contributed by atoms with E-state index in [1.165, 1.54) is 4.90 Å². The van der Waals surface area contributed by atoms with E-state index in [4.69, 9.17) is 9.26 Å². The van der Waals surface area contributed by atoms with Gasteiger partial charge in [0, 0.05) is 19.3 Å². The number of nitrogens with zero attached hydrogens (tertiary/aromatic N) is 1. The molecule has 0 aliphatic carbocycles. The largest absolute Gasteiger partial charge is 0.480 e. The number of hydrogen-bond acceptors (Lipinski definition) is 6. The minimum atomic E-state index is -2.41. The van der Waals surface area contributed by atoms with Gasteiger partial charge in [0.15, 0.2) is 8.03 Å². The Bertz CT molecular complexity index is 837. The molecule has 0 aromatic heterocycles. The molecule has 1 heterocycles. The molecule has 2 rings (SSSR count). The number of carbonyl (C=O) groups excluding carboxylic acids is 2. The van der Waals surface area contributed by atoms with E-state index in [0.717, 1.165) is 37.7 Å². The van der Waals surface area contributed by atoms with E-state index in [0.29, 0.717) is 51.4 Å². The van der Waals surface area contributed by atoms with E-state index in [1.54, 1.807) is 0 Å². The van der Waals surface area contributed by atoms with Crippen LogP contribution in [0.1, 0.15) is 76.7 Å². The maximum Gasteiger partial charge on any atom is 0.407 e. The third-order valence-corrected chi connectivity index (χ3v) is 7.54. The molecule has 0 radical (unpaired) electrons. The molecule has 1 fully saturated rings. The van der Waals surface area contributed by atoms with Gasteiger partial charge in [-0.25, -0.2) is 9.59 Å². The number of benzene rings is 1. The van der Waals surface area contributed by atoms with Gasteiger partial charge in [-0.05, 0) is 44.1 Å². The zero-order chi connectivity index (χ0) is 26.2. The first-order chi connectivity index (χ1) is 17.4. The molecule has 2 N–H and O–H groups in total. The molecule has 0 bridgehead atoms. The Balaban J connectivity index is 1.79. The second kappa shape index (κ2) is 17.1. The number of nitrogens with one attached hydrogen (secondary N) is 1. The lowest BCUT2D eigenvalue weighted by Crippen LogP contribution is -2.45. The number of carbonyl (C=O) groups is 3. The average molecular weight is 525 g/mol. The summed E-state index contributed by atoms with van der Waals surface area (Å²) in [5.41, 5.74) is 0.897. The summed E-state index contributed by atoms with van der Waals surface area (Å²) >= 11 is 0. The molecular weight excluding hydrogens is 483 g/mol. The number of amides is 2. The number of unbranched alkanes of at least 4 members (excludes halogenated alkanes) is 5. The van der Waals surface area contributed by atoms with Crippen molar-refractivity contribution in [2.45, 2.75) is 89.9 Å². The molecule has 1 unspecified atom stereocenters. The van der Waals surface area contributed by atoms with Gasteiger partial charge in [0.1, 0.15) is 18.8 Å². The van der Waals surface area contributed by atoms with Gasteiger partial charge in [0.2, 0.25) is 0 Å². The number of likely N-dealkylation sites (tertiary alicyclic amines) is 1. The Kier molecular flexibility index (Phi) is 14.2. The van der Waals surface area contributed by atoms with Crippen LogP contribution < -0.4 is 5.32 Å². The molecule has 0 saturated carbocycles. The molecule has 1 saturated heterocycles. The second-order valence-electron chi connectivity index (χ2n) is 9.15. The predicted octanol–water partition coefficient (Wildman–Crippen LogP) is 4.99. The molecular formula is C26H41N2O7P. The summed E-state index contributed by atoms with van der Waals surface area (Å²) in [6, 6.07) is 8.52. The van der Waals surface area contributed by atoms with E-state index in [9.17, 15) is 24.1 Å². The van der Waals surface area contributed by atoms with Gasteiger partial charge in [-0.3, -0.25) is 9.36 Å². The summed E-state index contributed by atoms with van der Waals surface area (Å²) in [4.78, 5) is 37.9. The highest BCUT2D eigenvalue weighted by Crippen LogP contribution is 2.30. The maximum atomic E-state index is 13.1. The van der Waals surface area contributed by atoms with Crippen molar-refractivity contribution in [3.63, 3.8) is 0 Å². The maximum absolute atomic E-state index is 13.1. The summed E-state index contributed by atoms with van der Waals surface area (Å²) < 4.78 is 23.5. The molecule has 1 aliphatic heterocycles. The number of aliphatic carboxylic acids is 1. The zero-order valence-corrected chi connectivity index (χ0v) is 22.3. The zero-order valence-electron chi connectivity index (χ0n) is 21.3. The van der Waals surface area contributed by atoms with E-state index >= 15 is 0 Å². The number of ether oxygens (including phenoxy) is 1. The van der Waals surface area contributed by atoms with Gasteiger partial charge in [-0.15, -0.1) is 0 Å². The van der Waals surface area contributed by atoms with Crippen LogP contribution >= 0.6 is 8.03 Å². The molecule has 1 aromatic rings. The van der Waals surface area contributed by atoms with E-state index < -0.39 is 38.1 Å². The van der Waals surface area contributed by atoms with Crippen LogP contribution in [0.4, 0.5) is 4.79 Å². The van der Waals surface area contributed by atoms with Crippen LogP contribution in [0.2, 0.25) is 0 Å². The summed E-state index contributed by atoms with van der Waals surface area (Å²) in [6.07, 6.45) is 6.57. The van der Waals surface area contributed by atoms with E-state index in [2.05, 4.69) is 12.2 Å². The van der Waals surface area contributed by atoms with Crippen LogP contribution in [0.25, 0.3) is 0 Å². The number of carboxylic acids is 1. The topological polar surface area (TPSA) is 122 Å². The lowest BCUT2D eigenvalue weighted by Gasteiger charge is -2.26.